The molecule has 1 aliphatic carbocycles. The van der Waals surface area contributed by atoms with E-state index in [9.17, 15) is 18.3 Å². The zero-order chi connectivity index (χ0) is 25.2. The number of hydrogen-bond donors (Lipinski definition) is 1. The lowest BCUT2D eigenvalue weighted by atomic mass is 10.0. The van der Waals surface area contributed by atoms with Crippen LogP contribution in [0.3, 0.4) is 0 Å². The quantitative estimate of drug-likeness (QED) is 0.636. The minimum Gasteiger partial charge on any atom is -0.487 e. The van der Waals surface area contributed by atoms with Crippen molar-refractivity contribution in [2.45, 2.75) is 43.7 Å². The number of pyridine rings is 1. The van der Waals surface area contributed by atoms with Crippen LogP contribution in [0.4, 0.5) is 0 Å². The minimum atomic E-state index is -3.93. The van der Waals surface area contributed by atoms with Gasteiger partial charge in [0.15, 0.2) is 0 Å². The molecule has 1 aliphatic heterocycles. The average Bonchev–Trinajstić information content (AvgIpc) is 3.70. The van der Waals surface area contributed by atoms with Crippen molar-refractivity contribution in [2.24, 2.45) is 11.8 Å². The van der Waals surface area contributed by atoms with E-state index in [0.29, 0.717) is 12.1 Å². The Kier molecular flexibility index (Phi) is 7.45. The molecule has 3 atom stereocenters. The Morgan fingerprint density at radius 3 is 2.57 bits per heavy atom. The maximum Gasteiger partial charge on any atom is 0.247 e. The number of likely N-dealkylation sites (N-methyl/N-ethyl adjacent to an activating group) is 1. The summed E-state index contributed by atoms with van der Waals surface area (Å²) in [5.41, 5.74) is 1.39. The number of ether oxygens (including phenoxy) is 1. The lowest BCUT2D eigenvalue weighted by Crippen LogP contribution is -2.50. The summed E-state index contributed by atoms with van der Waals surface area (Å²) in [6.07, 6.45) is 4.69. The molecule has 1 N–H and O–H groups in total. The van der Waals surface area contributed by atoms with E-state index in [1.807, 2.05) is 6.92 Å². The Morgan fingerprint density at radius 1 is 1.23 bits per heavy atom. The third kappa shape index (κ3) is 5.67. The van der Waals surface area contributed by atoms with Gasteiger partial charge in [0, 0.05) is 55.0 Å². The zero-order valence-electron chi connectivity index (χ0n) is 20.2. The monoisotopic (exact) mass is 497 g/mol. The van der Waals surface area contributed by atoms with Gasteiger partial charge in [0.2, 0.25) is 15.9 Å². The van der Waals surface area contributed by atoms with Crippen LogP contribution >= 0.6 is 0 Å². The molecule has 0 radical (unpaired) electrons. The van der Waals surface area contributed by atoms with Crippen LogP contribution in [-0.4, -0.2) is 72.5 Å². The highest BCUT2D eigenvalue weighted by molar-refractivity contribution is 7.89. The van der Waals surface area contributed by atoms with E-state index in [-0.39, 0.29) is 41.5 Å². The first-order valence-electron chi connectivity index (χ1n) is 11.8. The number of carbonyl (C=O) groups excluding carboxylic acids is 1. The van der Waals surface area contributed by atoms with Gasteiger partial charge in [-0.1, -0.05) is 18.8 Å². The summed E-state index contributed by atoms with van der Waals surface area (Å²) in [6, 6.07) is 7.77. The Balaban J connectivity index is 1.72. The summed E-state index contributed by atoms with van der Waals surface area (Å²) in [7, 11) is -2.17. The number of aliphatic hydroxyl groups is 1. The molecular formula is C26H31N3O5S. The van der Waals surface area contributed by atoms with Gasteiger partial charge in [-0.15, -0.1) is 0 Å². The highest BCUT2D eigenvalue weighted by atomic mass is 32.2. The van der Waals surface area contributed by atoms with Gasteiger partial charge >= 0.3 is 0 Å². The fraction of sp³-hybridized carbons (Fsp3) is 0.462. The number of benzene rings is 1. The molecule has 0 bridgehead atoms. The van der Waals surface area contributed by atoms with E-state index in [0.717, 1.165) is 18.4 Å². The summed E-state index contributed by atoms with van der Waals surface area (Å²) < 4.78 is 34.8. The molecule has 1 aromatic heterocycles. The van der Waals surface area contributed by atoms with E-state index in [1.165, 1.54) is 10.4 Å². The highest BCUT2D eigenvalue weighted by Gasteiger charge is 2.39. The zero-order valence-corrected chi connectivity index (χ0v) is 21.0. The largest absolute Gasteiger partial charge is 0.487 e. The number of fused-ring (bicyclic) bond motifs is 1. The van der Waals surface area contributed by atoms with Crippen LogP contribution in [0, 0.1) is 23.7 Å². The minimum absolute atomic E-state index is 0.0281. The normalized spacial score (nSPS) is 22.4. The van der Waals surface area contributed by atoms with E-state index < -0.39 is 22.2 Å². The van der Waals surface area contributed by atoms with Gasteiger partial charge in [0.1, 0.15) is 16.7 Å². The van der Waals surface area contributed by atoms with Gasteiger partial charge < -0.3 is 14.7 Å². The van der Waals surface area contributed by atoms with Crippen LogP contribution in [0.1, 0.15) is 37.8 Å². The number of hydrogen-bond acceptors (Lipinski definition) is 6. The van der Waals surface area contributed by atoms with Crippen molar-refractivity contribution in [1.82, 2.24) is 14.2 Å². The molecule has 9 heteroatoms. The molecule has 4 rings (SSSR count). The molecule has 186 valence electrons. The van der Waals surface area contributed by atoms with Gasteiger partial charge in [-0.25, -0.2) is 8.42 Å². The smallest absolute Gasteiger partial charge is 0.247 e. The molecule has 1 saturated carbocycles. The number of nitrogens with zero attached hydrogens (tertiary/aromatic N) is 3. The van der Waals surface area contributed by atoms with E-state index >= 15 is 0 Å². The first-order chi connectivity index (χ1) is 16.7. The number of rotatable bonds is 5. The lowest BCUT2D eigenvalue weighted by molar-refractivity contribution is -0.132. The summed E-state index contributed by atoms with van der Waals surface area (Å²) in [4.78, 5) is 18.3. The lowest BCUT2D eigenvalue weighted by Gasteiger charge is -2.37. The maximum atomic E-state index is 13.6. The molecule has 1 aromatic carbocycles. The average molecular weight is 498 g/mol. The van der Waals surface area contributed by atoms with Crippen molar-refractivity contribution >= 4 is 15.9 Å². The van der Waals surface area contributed by atoms with Gasteiger partial charge in [0.25, 0.3) is 0 Å². The maximum absolute atomic E-state index is 13.6. The Bertz CT molecular complexity index is 1230. The number of sulfonamides is 1. The Labute approximate surface area is 207 Å². The molecule has 2 heterocycles. The van der Waals surface area contributed by atoms with Crippen molar-refractivity contribution < 1.29 is 23.1 Å². The molecular weight excluding hydrogens is 466 g/mol. The highest BCUT2D eigenvalue weighted by Crippen LogP contribution is 2.35. The number of amides is 1. The standard InChI is InChI=1S/C26H31N3O5S/c1-18-15-29(19(2)17-30)35(32,33)25-9-6-21(5-4-20-10-12-27-13-11-20)14-23(25)34-24(18)16-28(3)26(31)22-7-8-22/h6,9-14,18-19,22,24,30H,7-8,15-17H2,1-3H3/t18-,19-,24-/m0/s1. The number of aromatic nitrogens is 1. The van der Waals surface area contributed by atoms with Gasteiger partial charge in [-0.2, -0.15) is 4.31 Å². The second-order valence-electron chi connectivity index (χ2n) is 9.38. The first-order valence-corrected chi connectivity index (χ1v) is 13.2. The van der Waals surface area contributed by atoms with Crippen molar-refractivity contribution in [3.63, 3.8) is 0 Å². The van der Waals surface area contributed by atoms with Crippen molar-refractivity contribution in [3.8, 4) is 17.6 Å². The van der Waals surface area contributed by atoms with Crippen LogP contribution in [0.2, 0.25) is 0 Å². The van der Waals surface area contributed by atoms with E-state index in [2.05, 4.69) is 16.8 Å². The van der Waals surface area contributed by atoms with Crippen molar-refractivity contribution in [2.75, 3.05) is 26.7 Å². The fourth-order valence-corrected chi connectivity index (χ4v) is 5.93. The summed E-state index contributed by atoms with van der Waals surface area (Å²) >= 11 is 0. The van der Waals surface area contributed by atoms with Gasteiger partial charge in [-0.3, -0.25) is 9.78 Å². The van der Waals surface area contributed by atoms with Crippen molar-refractivity contribution in [3.05, 3.63) is 53.9 Å². The second-order valence-corrected chi connectivity index (χ2v) is 11.2. The third-order valence-corrected chi connectivity index (χ3v) is 8.47. The second kappa shape index (κ2) is 10.4. The summed E-state index contributed by atoms with van der Waals surface area (Å²) in [5.74, 6) is 6.25. The molecule has 1 fully saturated rings. The van der Waals surface area contributed by atoms with Crippen LogP contribution in [0.15, 0.2) is 47.6 Å². The van der Waals surface area contributed by atoms with E-state index in [1.54, 1.807) is 55.5 Å². The van der Waals surface area contributed by atoms with E-state index in [4.69, 9.17) is 4.74 Å². The molecule has 2 aromatic rings. The number of carbonyl (C=O) groups is 1. The van der Waals surface area contributed by atoms with Crippen LogP contribution in [0.5, 0.6) is 5.75 Å². The van der Waals surface area contributed by atoms with Crippen molar-refractivity contribution in [1.29, 1.82) is 0 Å². The van der Waals surface area contributed by atoms with Gasteiger partial charge in [-0.05, 0) is 50.1 Å². The molecule has 2 aliphatic rings. The molecule has 8 nitrogen and oxygen atoms in total. The first kappa shape index (κ1) is 25.2. The molecule has 0 saturated heterocycles. The Hall–Kier alpha value is -2.93. The SMILES string of the molecule is C[C@H]1CN([C@@H](C)CO)S(=O)(=O)c2ccc(C#Cc3ccncc3)cc2O[C@H]1CN(C)C(=O)C1CC1. The summed E-state index contributed by atoms with van der Waals surface area (Å²) in [5, 5.41) is 9.78. The fourth-order valence-electron chi connectivity index (χ4n) is 4.10. The van der Waals surface area contributed by atoms with Gasteiger partial charge in [0.05, 0.1) is 13.2 Å². The molecule has 35 heavy (non-hydrogen) atoms. The molecule has 0 spiro atoms. The molecule has 0 unspecified atom stereocenters. The van der Waals surface area contributed by atoms with Crippen LogP contribution in [-0.2, 0) is 14.8 Å². The Morgan fingerprint density at radius 2 is 1.91 bits per heavy atom. The predicted molar refractivity (Wildman–Crippen MR) is 131 cm³/mol. The topological polar surface area (TPSA) is 100 Å². The van der Waals surface area contributed by atoms with Crippen LogP contribution in [0.25, 0.3) is 0 Å². The summed E-state index contributed by atoms with van der Waals surface area (Å²) in [6.45, 7) is 3.79. The molecule has 1 amide bonds. The number of aliphatic hydroxyl groups excluding tert-OH is 1. The third-order valence-electron chi connectivity index (χ3n) is 6.46. The predicted octanol–water partition coefficient (Wildman–Crippen LogP) is 2.12. The van der Waals surface area contributed by atoms with Crippen LogP contribution < -0.4 is 4.74 Å².